The fourth-order valence-electron chi connectivity index (χ4n) is 6.69. The summed E-state index contributed by atoms with van der Waals surface area (Å²) in [6, 6.07) is 4.43. The molecule has 0 bridgehead atoms. The number of carbonyl (C=O) groups is 1. The molecular formula is C25H34N2O3. The van der Waals surface area contributed by atoms with Crippen LogP contribution >= 0.6 is 0 Å². The van der Waals surface area contributed by atoms with Crippen molar-refractivity contribution in [3.8, 4) is 0 Å². The first-order valence-corrected chi connectivity index (χ1v) is 11.7. The van der Waals surface area contributed by atoms with E-state index < -0.39 is 6.10 Å². The van der Waals surface area contributed by atoms with Gasteiger partial charge in [-0.3, -0.25) is 14.7 Å². The van der Waals surface area contributed by atoms with E-state index >= 15 is 0 Å². The molecule has 5 rings (SSSR count). The van der Waals surface area contributed by atoms with Crippen LogP contribution < -0.4 is 0 Å². The fraction of sp³-hybridized carbons (Fsp3) is 0.680. The molecule has 1 N–H and O–H groups in total. The van der Waals surface area contributed by atoms with Gasteiger partial charge in [-0.05, 0) is 49.8 Å². The SMILES string of the molecule is CC1CCC=C2CC3OC(=O)C(CN4CCCCC4c4cccnc4)C3C(O)C21C. The van der Waals surface area contributed by atoms with E-state index in [-0.39, 0.29) is 29.3 Å². The van der Waals surface area contributed by atoms with Gasteiger partial charge < -0.3 is 9.84 Å². The zero-order valence-electron chi connectivity index (χ0n) is 18.2. The van der Waals surface area contributed by atoms with Crippen LogP contribution in [-0.4, -0.2) is 46.3 Å². The predicted octanol–water partition coefficient (Wildman–Crippen LogP) is 3.89. The number of pyridine rings is 1. The molecule has 2 saturated heterocycles. The normalized spacial score (nSPS) is 41.6. The lowest BCUT2D eigenvalue weighted by molar-refractivity contribution is -0.145. The Hall–Kier alpha value is -1.72. The maximum atomic E-state index is 13.0. The van der Waals surface area contributed by atoms with E-state index in [0.29, 0.717) is 18.5 Å². The molecule has 0 amide bonds. The number of aliphatic hydroxyl groups is 1. The Morgan fingerprint density at radius 2 is 2.20 bits per heavy atom. The molecule has 162 valence electrons. The predicted molar refractivity (Wildman–Crippen MR) is 114 cm³/mol. The number of ether oxygens (including phenoxy) is 1. The van der Waals surface area contributed by atoms with Gasteiger partial charge in [0.1, 0.15) is 6.10 Å². The van der Waals surface area contributed by atoms with Crippen LogP contribution in [0.3, 0.4) is 0 Å². The van der Waals surface area contributed by atoms with Crippen LogP contribution in [0.25, 0.3) is 0 Å². The van der Waals surface area contributed by atoms with E-state index in [1.165, 1.54) is 17.6 Å². The number of fused-ring (bicyclic) bond motifs is 2. The summed E-state index contributed by atoms with van der Waals surface area (Å²) in [5.41, 5.74) is 2.29. The van der Waals surface area contributed by atoms with E-state index in [1.807, 2.05) is 18.5 Å². The van der Waals surface area contributed by atoms with Gasteiger partial charge in [0.05, 0.1) is 12.0 Å². The summed E-state index contributed by atoms with van der Waals surface area (Å²) in [4.78, 5) is 19.8. The molecule has 0 aromatic carbocycles. The molecule has 1 aromatic heterocycles. The van der Waals surface area contributed by atoms with Crippen LogP contribution in [0.1, 0.15) is 64.0 Å². The summed E-state index contributed by atoms with van der Waals surface area (Å²) in [5, 5.41) is 11.6. The highest BCUT2D eigenvalue weighted by molar-refractivity contribution is 5.76. The average molecular weight is 411 g/mol. The summed E-state index contributed by atoms with van der Waals surface area (Å²) < 4.78 is 5.88. The van der Waals surface area contributed by atoms with Gasteiger partial charge in [-0.25, -0.2) is 0 Å². The first kappa shape index (κ1) is 20.2. The lowest BCUT2D eigenvalue weighted by atomic mass is 9.55. The Labute approximate surface area is 179 Å². The van der Waals surface area contributed by atoms with Gasteiger partial charge in [0, 0.05) is 42.7 Å². The highest BCUT2D eigenvalue weighted by Gasteiger charge is 2.60. The van der Waals surface area contributed by atoms with Crippen molar-refractivity contribution in [3.05, 3.63) is 41.7 Å². The van der Waals surface area contributed by atoms with Crippen molar-refractivity contribution in [1.82, 2.24) is 9.88 Å². The third-order valence-corrected chi connectivity index (χ3v) is 8.68. The van der Waals surface area contributed by atoms with Crippen molar-refractivity contribution >= 4 is 5.97 Å². The standard InChI is InChI=1S/C25H34N2O3/c1-16-7-5-9-18-13-21-22(23(28)25(16,18)2)19(24(29)30-21)15-27-12-4-3-10-20(27)17-8-6-11-26-14-17/h6,8-9,11,14,16,19-23,28H,3-5,7,10,12-13,15H2,1-2H3. The third kappa shape index (κ3) is 3.13. The Morgan fingerprint density at radius 3 is 3.00 bits per heavy atom. The lowest BCUT2D eigenvalue weighted by Gasteiger charge is -2.52. The number of carbonyl (C=O) groups excluding carboxylic acids is 1. The molecular weight excluding hydrogens is 376 g/mol. The van der Waals surface area contributed by atoms with E-state index in [9.17, 15) is 9.90 Å². The van der Waals surface area contributed by atoms with Crippen molar-refractivity contribution in [2.45, 2.75) is 70.6 Å². The summed E-state index contributed by atoms with van der Waals surface area (Å²) >= 11 is 0. The topological polar surface area (TPSA) is 62.7 Å². The lowest BCUT2D eigenvalue weighted by Crippen LogP contribution is -2.55. The molecule has 1 aromatic rings. The summed E-state index contributed by atoms with van der Waals surface area (Å²) in [6.45, 7) is 6.12. The second-order valence-electron chi connectivity index (χ2n) is 10.1. The number of nitrogens with zero attached hydrogens (tertiary/aromatic N) is 2. The molecule has 3 fully saturated rings. The zero-order chi connectivity index (χ0) is 20.9. The number of hydrogen-bond acceptors (Lipinski definition) is 5. The third-order valence-electron chi connectivity index (χ3n) is 8.68. The second kappa shape index (κ2) is 7.76. The van der Waals surface area contributed by atoms with Crippen molar-refractivity contribution in [3.63, 3.8) is 0 Å². The molecule has 0 spiro atoms. The van der Waals surface area contributed by atoms with Crippen LogP contribution in [0.2, 0.25) is 0 Å². The molecule has 2 aliphatic heterocycles. The van der Waals surface area contributed by atoms with Gasteiger partial charge in [0.25, 0.3) is 0 Å². The molecule has 2 aliphatic carbocycles. The molecule has 3 heterocycles. The Balaban J connectivity index is 1.41. The van der Waals surface area contributed by atoms with Gasteiger partial charge in [-0.15, -0.1) is 0 Å². The number of esters is 1. The highest BCUT2D eigenvalue weighted by atomic mass is 16.6. The smallest absolute Gasteiger partial charge is 0.311 e. The molecule has 5 heteroatoms. The van der Waals surface area contributed by atoms with Gasteiger partial charge in [-0.1, -0.05) is 38.0 Å². The number of aliphatic hydroxyl groups excluding tert-OH is 1. The zero-order valence-corrected chi connectivity index (χ0v) is 18.2. The van der Waals surface area contributed by atoms with E-state index in [2.05, 4.69) is 35.9 Å². The number of piperidine rings is 1. The molecule has 4 aliphatic rings. The average Bonchev–Trinajstić information content (AvgIpc) is 3.06. The number of likely N-dealkylation sites (tertiary alicyclic amines) is 1. The van der Waals surface area contributed by atoms with E-state index in [1.54, 1.807) is 0 Å². The molecule has 0 radical (unpaired) electrons. The number of allylic oxidation sites excluding steroid dienone is 1. The molecule has 1 saturated carbocycles. The maximum Gasteiger partial charge on any atom is 0.311 e. The summed E-state index contributed by atoms with van der Waals surface area (Å²) in [6.07, 6.45) is 11.7. The minimum Gasteiger partial charge on any atom is -0.461 e. The summed E-state index contributed by atoms with van der Waals surface area (Å²) in [7, 11) is 0. The largest absolute Gasteiger partial charge is 0.461 e. The fourth-order valence-corrected chi connectivity index (χ4v) is 6.69. The highest BCUT2D eigenvalue weighted by Crippen LogP contribution is 2.56. The van der Waals surface area contributed by atoms with Crippen LogP contribution in [0.15, 0.2) is 36.2 Å². The molecule has 7 atom stereocenters. The Bertz CT molecular complexity index is 825. The first-order chi connectivity index (χ1) is 14.5. The second-order valence-corrected chi connectivity index (χ2v) is 10.1. The first-order valence-electron chi connectivity index (χ1n) is 11.7. The van der Waals surface area contributed by atoms with Crippen LogP contribution in [0.5, 0.6) is 0 Å². The van der Waals surface area contributed by atoms with Crippen molar-refractivity contribution in [1.29, 1.82) is 0 Å². The van der Waals surface area contributed by atoms with E-state index in [0.717, 1.165) is 38.6 Å². The van der Waals surface area contributed by atoms with Gasteiger partial charge in [0.2, 0.25) is 0 Å². The molecule has 7 unspecified atom stereocenters. The molecule has 30 heavy (non-hydrogen) atoms. The van der Waals surface area contributed by atoms with Crippen molar-refractivity contribution in [2.75, 3.05) is 13.1 Å². The number of aromatic nitrogens is 1. The van der Waals surface area contributed by atoms with Gasteiger partial charge in [-0.2, -0.15) is 0 Å². The number of rotatable bonds is 3. The number of hydrogen-bond donors (Lipinski definition) is 1. The van der Waals surface area contributed by atoms with Crippen LogP contribution in [0, 0.1) is 23.2 Å². The van der Waals surface area contributed by atoms with Crippen LogP contribution in [-0.2, 0) is 9.53 Å². The van der Waals surface area contributed by atoms with Crippen molar-refractivity contribution < 1.29 is 14.6 Å². The van der Waals surface area contributed by atoms with E-state index in [4.69, 9.17) is 4.74 Å². The van der Waals surface area contributed by atoms with Gasteiger partial charge in [0.15, 0.2) is 0 Å². The maximum absolute atomic E-state index is 13.0. The minimum atomic E-state index is -0.532. The molecule has 5 nitrogen and oxygen atoms in total. The minimum absolute atomic E-state index is 0.114. The van der Waals surface area contributed by atoms with Gasteiger partial charge >= 0.3 is 5.97 Å². The Kier molecular flexibility index (Phi) is 5.22. The Morgan fingerprint density at radius 1 is 1.33 bits per heavy atom. The quantitative estimate of drug-likeness (QED) is 0.605. The monoisotopic (exact) mass is 410 g/mol. The van der Waals surface area contributed by atoms with Crippen LogP contribution in [0.4, 0.5) is 0 Å². The summed E-state index contributed by atoms with van der Waals surface area (Å²) in [5.74, 6) is -0.0653. The van der Waals surface area contributed by atoms with Crippen molar-refractivity contribution in [2.24, 2.45) is 23.2 Å².